The van der Waals surface area contributed by atoms with Gasteiger partial charge in [0.1, 0.15) is 17.6 Å². The predicted molar refractivity (Wildman–Crippen MR) is 98.1 cm³/mol. The van der Waals surface area contributed by atoms with Crippen LogP contribution in [0.4, 0.5) is 17.6 Å². The smallest absolute Gasteiger partial charge is 0.408 e. The van der Waals surface area contributed by atoms with Crippen molar-refractivity contribution in [2.45, 2.75) is 31.5 Å². The molecule has 0 unspecified atom stereocenters. The summed E-state index contributed by atoms with van der Waals surface area (Å²) in [5.41, 5.74) is 0.673. The molecule has 2 aromatic rings. The van der Waals surface area contributed by atoms with E-state index in [0.717, 1.165) is 18.4 Å². The van der Waals surface area contributed by atoms with Crippen LogP contribution in [-0.2, 0) is 16.4 Å². The maximum Gasteiger partial charge on any atom is 0.408 e. The summed E-state index contributed by atoms with van der Waals surface area (Å²) in [6.07, 6.45) is -1.93. The van der Waals surface area contributed by atoms with Crippen molar-refractivity contribution in [3.05, 3.63) is 65.5 Å². The zero-order valence-corrected chi connectivity index (χ0v) is 16.0. The zero-order chi connectivity index (χ0) is 20.8. The van der Waals surface area contributed by atoms with Gasteiger partial charge in [-0.25, -0.2) is 12.8 Å². The normalized spacial score (nSPS) is 13.3. The summed E-state index contributed by atoms with van der Waals surface area (Å²) in [7, 11) is -4.02. The summed E-state index contributed by atoms with van der Waals surface area (Å²) in [6, 6.07) is 9.08. The van der Waals surface area contributed by atoms with Crippen molar-refractivity contribution in [1.29, 1.82) is 0 Å². The first-order chi connectivity index (χ1) is 13.0. The van der Waals surface area contributed by atoms with Gasteiger partial charge in [-0.3, -0.25) is 0 Å². The SMILES string of the molecule is CS(=O)(=O)N[C@@H](c1ccc(CCCCOc2ccc(F)cc2)cc1)C(F)(F)F. The van der Waals surface area contributed by atoms with Gasteiger partial charge in [-0.05, 0) is 54.7 Å². The van der Waals surface area contributed by atoms with Crippen molar-refractivity contribution in [2.24, 2.45) is 0 Å². The number of unbranched alkanes of at least 4 members (excludes halogenated alkanes) is 1. The quantitative estimate of drug-likeness (QED) is 0.485. The van der Waals surface area contributed by atoms with Gasteiger partial charge in [0.05, 0.1) is 12.9 Å². The number of rotatable bonds is 9. The highest BCUT2D eigenvalue weighted by atomic mass is 32.2. The second kappa shape index (κ2) is 9.38. The Hall–Kier alpha value is -2.13. The molecule has 9 heteroatoms. The lowest BCUT2D eigenvalue weighted by atomic mass is 10.0. The lowest BCUT2D eigenvalue weighted by Crippen LogP contribution is -2.37. The van der Waals surface area contributed by atoms with E-state index in [0.29, 0.717) is 25.0 Å². The largest absolute Gasteiger partial charge is 0.494 e. The van der Waals surface area contributed by atoms with Gasteiger partial charge in [-0.15, -0.1) is 0 Å². The Kier molecular flexibility index (Phi) is 7.42. The standard InChI is InChI=1S/C19H21F4NO3S/c1-28(25,26)24-18(19(21,22)23)15-7-5-14(6-8-15)4-2-3-13-27-17-11-9-16(20)10-12-17/h5-12,18,24H,2-4,13H2,1H3/t18-/m0/s1. The number of hydrogen-bond acceptors (Lipinski definition) is 3. The molecule has 0 fully saturated rings. The number of ether oxygens (including phenoxy) is 1. The van der Waals surface area contributed by atoms with Gasteiger partial charge < -0.3 is 4.74 Å². The summed E-state index contributed by atoms with van der Waals surface area (Å²) in [6.45, 7) is 0.443. The van der Waals surface area contributed by atoms with E-state index in [1.807, 2.05) is 0 Å². The molecule has 0 heterocycles. The lowest BCUT2D eigenvalue weighted by molar-refractivity contribution is -0.153. The molecule has 1 N–H and O–H groups in total. The van der Waals surface area contributed by atoms with Gasteiger partial charge in [0.25, 0.3) is 0 Å². The third-order valence-electron chi connectivity index (χ3n) is 3.91. The predicted octanol–water partition coefficient (Wildman–Crippen LogP) is 4.38. The van der Waals surface area contributed by atoms with Gasteiger partial charge in [0.2, 0.25) is 10.0 Å². The fourth-order valence-corrected chi connectivity index (χ4v) is 3.26. The molecule has 0 saturated heterocycles. The Labute approximate surface area is 161 Å². The monoisotopic (exact) mass is 419 g/mol. The van der Waals surface area contributed by atoms with Gasteiger partial charge in [0, 0.05) is 0 Å². The first-order valence-electron chi connectivity index (χ1n) is 8.56. The van der Waals surface area contributed by atoms with Crippen molar-refractivity contribution in [2.75, 3.05) is 12.9 Å². The highest BCUT2D eigenvalue weighted by molar-refractivity contribution is 7.88. The first kappa shape index (κ1) is 22.2. The molecule has 28 heavy (non-hydrogen) atoms. The molecular formula is C19H21F4NO3S. The van der Waals surface area contributed by atoms with Crippen molar-refractivity contribution in [1.82, 2.24) is 4.72 Å². The number of sulfonamides is 1. The van der Waals surface area contributed by atoms with Crippen LogP contribution in [-0.4, -0.2) is 27.5 Å². The van der Waals surface area contributed by atoms with Gasteiger partial charge in [0.15, 0.2) is 0 Å². The van der Waals surface area contributed by atoms with Crippen LogP contribution in [0, 0.1) is 5.82 Å². The van der Waals surface area contributed by atoms with Crippen LogP contribution < -0.4 is 9.46 Å². The Morgan fingerprint density at radius 3 is 2.14 bits per heavy atom. The Morgan fingerprint density at radius 1 is 1.00 bits per heavy atom. The maximum absolute atomic E-state index is 13.1. The van der Waals surface area contributed by atoms with Crippen LogP contribution in [0.25, 0.3) is 0 Å². The molecule has 0 spiro atoms. The number of nitrogens with one attached hydrogen (secondary N) is 1. The van der Waals surface area contributed by atoms with Crippen molar-refractivity contribution >= 4 is 10.0 Å². The molecule has 154 valence electrons. The second-order valence-electron chi connectivity index (χ2n) is 6.37. The van der Waals surface area contributed by atoms with Crippen molar-refractivity contribution in [3.63, 3.8) is 0 Å². The molecule has 0 aliphatic carbocycles. The van der Waals surface area contributed by atoms with Crippen LogP contribution in [0.15, 0.2) is 48.5 Å². The molecule has 0 aliphatic heterocycles. The van der Waals surface area contributed by atoms with E-state index >= 15 is 0 Å². The summed E-state index contributed by atoms with van der Waals surface area (Å²) in [4.78, 5) is 0. The third kappa shape index (κ3) is 7.47. The molecule has 0 aromatic heterocycles. The van der Waals surface area contributed by atoms with Gasteiger partial charge in [-0.1, -0.05) is 24.3 Å². The first-order valence-corrected chi connectivity index (χ1v) is 10.4. The third-order valence-corrected chi connectivity index (χ3v) is 4.58. The van der Waals surface area contributed by atoms with Gasteiger partial charge >= 0.3 is 6.18 Å². The van der Waals surface area contributed by atoms with Crippen molar-refractivity contribution in [3.8, 4) is 5.75 Å². The number of halogens is 4. The summed E-state index contributed by atoms with van der Waals surface area (Å²) in [5, 5.41) is 0. The van der Waals surface area contributed by atoms with E-state index in [1.165, 1.54) is 36.4 Å². The highest BCUT2D eigenvalue weighted by Gasteiger charge is 2.42. The molecule has 0 bridgehead atoms. The molecule has 2 aromatic carbocycles. The summed E-state index contributed by atoms with van der Waals surface area (Å²) >= 11 is 0. The van der Waals surface area contributed by atoms with Crippen LogP contribution >= 0.6 is 0 Å². The van der Waals surface area contributed by atoms with Crippen LogP contribution in [0.2, 0.25) is 0 Å². The van der Waals surface area contributed by atoms with Crippen molar-refractivity contribution < 1.29 is 30.7 Å². The molecular weight excluding hydrogens is 398 g/mol. The number of hydrogen-bond donors (Lipinski definition) is 1. The highest BCUT2D eigenvalue weighted by Crippen LogP contribution is 2.33. The minimum atomic E-state index is -4.73. The van der Waals surface area contributed by atoms with E-state index in [-0.39, 0.29) is 11.4 Å². The fraction of sp³-hybridized carbons (Fsp3) is 0.368. The van der Waals surface area contributed by atoms with E-state index in [9.17, 15) is 26.0 Å². The molecule has 0 saturated carbocycles. The van der Waals surface area contributed by atoms with E-state index in [4.69, 9.17) is 4.74 Å². The average molecular weight is 419 g/mol. The lowest BCUT2D eigenvalue weighted by Gasteiger charge is -2.21. The average Bonchev–Trinajstić information content (AvgIpc) is 2.60. The van der Waals surface area contributed by atoms with Crippen LogP contribution in [0.5, 0.6) is 5.75 Å². The number of alkyl halides is 3. The molecule has 2 rings (SSSR count). The van der Waals surface area contributed by atoms with Crippen LogP contribution in [0.1, 0.15) is 30.0 Å². The fourth-order valence-electron chi connectivity index (χ4n) is 2.57. The van der Waals surface area contributed by atoms with Gasteiger partial charge in [-0.2, -0.15) is 17.9 Å². The molecule has 0 amide bonds. The summed E-state index contributed by atoms with van der Waals surface area (Å²) < 4.78 is 81.7. The topological polar surface area (TPSA) is 55.4 Å². The van der Waals surface area contributed by atoms with E-state index in [1.54, 1.807) is 16.9 Å². The Bertz CT molecular complexity index is 850. The molecule has 1 atom stereocenters. The summed E-state index contributed by atoms with van der Waals surface area (Å²) in [5.74, 6) is 0.234. The molecule has 0 radical (unpaired) electrons. The Balaban J connectivity index is 1.85. The Morgan fingerprint density at radius 2 is 1.61 bits per heavy atom. The second-order valence-corrected chi connectivity index (χ2v) is 8.15. The minimum Gasteiger partial charge on any atom is -0.494 e. The van der Waals surface area contributed by atoms with E-state index < -0.39 is 22.2 Å². The number of benzene rings is 2. The van der Waals surface area contributed by atoms with Crippen LogP contribution in [0.3, 0.4) is 0 Å². The number of aryl methyl sites for hydroxylation is 1. The molecule has 4 nitrogen and oxygen atoms in total. The van der Waals surface area contributed by atoms with E-state index in [2.05, 4.69) is 0 Å². The zero-order valence-electron chi connectivity index (χ0n) is 15.2. The maximum atomic E-state index is 13.1. The molecule has 0 aliphatic rings. The minimum absolute atomic E-state index is 0.165.